The van der Waals surface area contributed by atoms with Crippen LogP contribution in [0.5, 0.6) is 5.75 Å². The van der Waals surface area contributed by atoms with Crippen LogP contribution in [0.15, 0.2) is 58.3 Å². The Morgan fingerprint density at radius 1 is 1.14 bits per heavy atom. The molecule has 2 aliphatic rings. The van der Waals surface area contributed by atoms with Crippen molar-refractivity contribution in [1.29, 1.82) is 0 Å². The standard InChI is InChI=1S/C20H21N3O3S2/c1-26-15-6-7-17-16(14-15)21-20(18-4-2-10-23(17)18)8-11-22(12-9-20)28(24,25)19-5-3-13-27-19/h2-7,10,13-14,21H,8-9,11-12H2,1H3. The fourth-order valence-corrected chi connectivity index (χ4v) is 6.87. The van der Waals surface area contributed by atoms with Gasteiger partial charge in [-0.1, -0.05) is 6.07 Å². The third-order valence-corrected chi connectivity index (χ3v) is 9.01. The van der Waals surface area contributed by atoms with Crippen LogP contribution in [-0.4, -0.2) is 37.5 Å². The molecular formula is C20H21N3O3S2. The van der Waals surface area contributed by atoms with E-state index in [2.05, 4.69) is 22.1 Å². The number of nitrogens with zero attached hydrogens (tertiary/aromatic N) is 2. The van der Waals surface area contributed by atoms with Gasteiger partial charge in [-0.05, 0) is 48.6 Å². The number of thiophene rings is 1. The molecule has 0 unspecified atom stereocenters. The van der Waals surface area contributed by atoms with Gasteiger partial charge in [0.05, 0.1) is 24.0 Å². The molecule has 8 heteroatoms. The molecule has 1 aromatic carbocycles. The SMILES string of the molecule is COc1ccc2c(c1)NC1(CCN(S(=O)(=O)c3cccs3)CC1)c1cccn1-2. The number of aromatic nitrogens is 1. The highest BCUT2D eigenvalue weighted by Gasteiger charge is 2.44. The normalized spacial score (nSPS) is 18.3. The lowest BCUT2D eigenvalue weighted by Crippen LogP contribution is -2.50. The lowest BCUT2D eigenvalue weighted by atomic mass is 9.83. The van der Waals surface area contributed by atoms with Crippen molar-refractivity contribution in [2.75, 3.05) is 25.5 Å². The number of nitrogens with one attached hydrogen (secondary N) is 1. The molecule has 2 aromatic heterocycles. The first-order valence-electron chi connectivity index (χ1n) is 9.22. The quantitative estimate of drug-likeness (QED) is 0.709. The molecule has 3 aromatic rings. The second kappa shape index (κ2) is 6.37. The predicted molar refractivity (Wildman–Crippen MR) is 110 cm³/mol. The van der Waals surface area contributed by atoms with Gasteiger partial charge in [0.2, 0.25) is 0 Å². The van der Waals surface area contributed by atoms with Gasteiger partial charge in [0.15, 0.2) is 0 Å². The molecule has 0 aliphatic carbocycles. The summed E-state index contributed by atoms with van der Waals surface area (Å²) in [7, 11) is -1.75. The average molecular weight is 416 g/mol. The van der Waals surface area contributed by atoms with Crippen LogP contribution in [0.2, 0.25) is 0 Å². The number of benzene rings is 1. The molecule has 0 radical (unpaired) electrons. The lowest BCUT2D eigenvalue weighted by molar-refractivity contribution is 0.247. The van der Waals surface area contributed by atoms with E-state index in [1.165, 1.54) is 17.0 Å². The van der Waals surface area contributed by atoms with Crippen LogP contribution in [0.25, 0.3) is 5.69 Å². The molecule has 1 N–H and O–H groups in total. The van der Waals surface area contributed by atoms with Gasteiger partial charge in [0, 0.05) is 31.0 Å². The molecule has 0 saturated carbocycles. The zero-order chi connectivity index (χ0) is 19.4. The number of hydrogen-bond donors (Lipinski definition) is 1. The van der Waals surface area contributed by atoms with E-state index >= 15 is 0 Å². The molecule has 5 rings (SSSR count). The van der Waals surface area contributed by atoms with Crippen molar-refractivity contribution in [3.8, 4) is 11.4 Å². The number of ether oxygens (including phenoxy) is 1. The maximum atomic E-state index is 12.9. The fraction of sp³-hybridized carbons (Fsp3) is 0.300. The summed E-state index contributed by atoms with van der Waals surface area (Å²) in [6.45, 7) is 0.968. The van der Waals surface area contributed by atoms with Crippen molar-refractivity contribution in [1.82, 2.24) is 8.87 Å². The topological polar surface area (TPSA) is 63.6 Å². The number of methoxy groups -OCH3 is 1. The summed E-state index contributed by atoms with van der Waals surface area (Å²) in [5.41, 5.74) is 2.99. The van der Waals surface area contributed by atoms with Crippen molar-refractivity contribution in [3.63, 3.8) is 0 Å². The van der Waals surface area contributed by atoms with E-state index in [0.717, 1.165) is 17.1 Å². The minimum absolute atomic E-state index is 0.287. The van der Waals surface area contributed by atoms with E-state index in [4.69, 9.17) is 4.74 Å². The summed E-state index contributed by atoms with van der Waals surface area (Å²) >= 11 is 1.27. The zero-order valence-corrected chi connectivity index (χ0v) is 17.1. The highest BCUT2D eigenvalue weighted by molar-refractivity contribution is 7.91. The Morgan fingerprint density at radius 3 is 2.68 bits per heavy atom. The van der Waals surface area contributed by atoms with Crippen molar-refractivity contribution < 1.29 is 13.2 Å². The molecule has 4 heterocycles. The van der Waals surface area contributed by atoms with Crippen molar-refractivity contribution in [3.05, 3.63) is 59.7 Å². The van der Waals surface area contributed by atoms with E-state index in [1.54, 1.807) is 28.9 Å². The van der Waals surface area contributed by atoms with Gasteiger partial charge in [0.25, 0.3) is 10.0 Å². The van der Waals surface area contributed by atoms with Gasteiger partial charge in [-0.25, -0.2) is 8.42 Å². The second-order valence-electron chi connectivity index (χ2n) is 7.19. The van der Waals surface area contributed by atoms with Crippen LogP contribution in [0.4, 0.5) is 5.69 Å². The van der Waals surface area contributed by atoms with Gasteiger partial charge in [-0.2, -0.15) is 4.31 Å². The number of rotatable bonds is 3. The molecule has 0 atom stereocenters. The van der Waals surface area contributed by atoms with Crippen LogP contribution in [-0.2, 0) is 15.6 Å². The van der Waals surface area contributed by atoms with Gasteiger partial charge in [-0.3, -0.25) is 0 Å². The van der Waals surface area contributed by atoms with E-state index in [0.29, 0.717) is 30.1 Å². The number of fused-ring (bicyclic) bond motifs is 4. The molecule has 6 nitrogen and oxygen atoms in total. The summed E-state index contributed by atoms with van der Waals surface area (Å²) in [5.74, 6) is 0.801. The van der Waals surface area contributed by atoms with Crippen molar-refractivity contribution in [2.24, 2.45) is 0 Å². The smallest absolute Gasteiger partial charge is 0.252 e. The Kier molecular flexibility index (Phi) is 4.04. The first kappa shape index (κ1) is 17.8. The molecule has 1 fully saturated rings. The summed E-state index contributed by atoms with van der Waals surface area (Å²) in [5, 5.41) is 5.52. The summed E-state index contributed by atoms with van der Waals surface area (Å²) in [6.07, 6.45) is 3.48. The van der Waals surface area contributed by atoms with E-state index in [9.17, 15) is 8.42 Å². The molecule has 146 valence electrons. The highest BCUT2D eigenvalue weighted by Crippen LogP contribution is 2.45. The largest absolute Gasteiger partial charge is 0.497 e. The lowest BCUT2D eigenvalue weighted by Gasteiger charge is -2.45. The molecule has 0 bridgehead atoms. The predicted octanol–water partition coefficient (Wildman–Crippen LogP) is 3.65. The van der Waals surface area contributed by atoms with Crippen LogP contribution >= 0.6 is 11.3 Å². The Hall–Kier alpha value is -2.29. The molecule has 0 amide bonds. The van der Waals surface area contributed by atoms with Gasteiger partial charge in [0.1, 0.15) is 9.96 Å². The fourth-order valence-electron chi connectivity index (χ4n) is 4.28. The molecule has 1 spiro atoms. The van der Waals surface area contributed by atoms with E-state index in [-0.39, 0.29) is 5.54 Å². The first-order valence-corrected chi connectivity index (χ1v) is 11.5. The maximum absolute atomic E-state index is 12.9. The van der Waals surface area contributed by atoms with Gasteiger partial charge >= 0.3 is 0 Å². The average Bonchev–Trinajstić information content (AvgIpc) is 3.41. The number of anilines is 1. The Morgan fingerprint density at radius 2 is 1.96 bits per heavy atom. The minimum atomic E-state index is -3.41. The van der Waals surface area contributed by atoms with Crippen molar-refractivity contribution >= 4 is 27.0 Å². The van der Waals surface area contributed by atoms with Crippen LogP contribution in [0.1, 0.15) is 18.5 Å². The number of hydrogen-bond acceptors (Lipinski definition) is 5. The molecular weight excluding hydrogens is 394 g/mol. The maximum Gasteiger partial charge on any atom is 0.252 e. The Bertz CT molecular complexity index is 1110. The van der Waals surface area contributed by atoms with E-state index < -0.39 is 10.0 Å². The molecule has 28 heavy (non-hydrogen) atoms. The summed E-state index contributed by atoms with van der Waals surface area (Å²) in [6, 6.07) is 13.7. The van der Waals surface area contributed by atoms with Crippen LogP contribution in [0.3, 0.4) is 0 Å². The van der Waals surface area contributed by atoms with Crippen molar-refractivity contribution in [2.45, 2.75) is 22.6 Å². The summed E-state index contributed by atoms with van der Waals surface area (Å²) < 4.78 is 35.4. The van der Waals surface area contributed by atoms with Gasteiger partial charge in [-0.15, -0.1) is 11.3 Å². The third kappa shape index (κ3) is 2.59. The molecule has 1 saturated heterocycles. The third-order valence-electron chi connectivity index (χ3n) is 5.74. The Balaban J connectivity index is 1.48. The zero-order valence-electron chi connectivity index (χ0n) is 15.5. The minimum Gasteiger partial charge on any atom is -0.497 e. The first-order chi connectivity index (χ1) is 13.5. The summed E-state index contributed by atoms with van der Waals surface area (Å²) in [4.78, 5) is 0. The van der Waals surface area contributed by atoms with Crippen LogP contribution in [0, 0.1) is 0 Å². The second-order valence-corrected chi connectivity index (χ2v) is 10.3. The number of sulfonamides is 1. The van der Waals surface area contributed by atoms with Gasteiger partial charge < -0.3 is 14.6 Å². The monoisotopic (exact) mass is 415 g/mol. The van der Waals surface area contributed by atoms with Crippen LogP contribution < -0.4 is 10.1 Å². The van der Waals surface area contributed by atoms with E-state index in [1.807, 2.05) is 24.3 Å². The number of piperidine rings is 1. The molecule has 2 aliphatic heterocycles. The Labute approximate surface area is 168 Å². The highest BCUT2D eigenvalue weighted by atomic mass is 32.2.